The SMILES string of the molecule is O=C(N[C@H](C=C1CCC(c2ccccc2CN2CCCC2=O)CC1)Cc1ccc(Cl)cc1)c1cc(=O)c2cc(C(F)(F)F)ccc2o1. The molecule has 1 aromatic heterocycles. The van der Waals surface area contributed by atoms with E-state index < -0.39 is 29.1 Å². The van der Waals surface area contributed by atoms with Gasteiger partial charge < -0.3 is 14.6 Å². The number of alkyl halides is 3. The zero-order chi connectivity index (χ0) is 33.1. The smallest absolute Gasteiger partial charge is 0.416 e. The van der Waals surface area contributed by atoms with Gasteiger partial charge >= 0.3 is 6.18 Å². The summed E-state index contributed by atoms with van der Waals surface area (Å²) < 4.78 is 45.2. The molecule has 0 bridgehead atoms. The van der Waals surface area contributed by atoms with Crippen LogP contribution in [-0.4, -0.2) is 29.3 Å². The first kappa shape index (κ1) is 32.6. The van der Waals surface area contributed by atoms with E-state index in [1.54, 1.807) is 12.1 Å². The van der Waals surface area contributed by atoms with Gasteiger partial charge in [-0.25, -0.2) is 0 Å². The Kier molecular flexibility index (Phi) is 9.55. The van der Waals surface area contributed by atoms with Crippen molar-refractivity contribution in [3.8, 4) is 0 Å². The summed E-state index contributed by atoms with van der Waals surface area (Å²) in [7, 11) is 0. The summed E-state index contributed by atoms with van der Waals surface area (Å²) in [4.78, 5) is 40.4. The summed E-state index contributed by atoms with van der Waals surface area (Å²) in [6.45, 7) is 1.44. The lowest BCUT2D eigenvalue weighted by Gasteiger charge is -2.28. The van der Waals surface area contributed by atoms with Crippen molar-refractivity contribution in [1.82, 2.24) is 10.2 Å². The van der Waals surface area contributed by atoms with E-state index >= 15 is 0 Å². The number of allylic oxidation sites excluding steroid dienone is 1. The minimum atomic E-state index is -4.62. The van der Waals surface area contributed by atoms with Crippen LogP contribution < -0.4 is 10.7 Å². The number of nitrogens with zero attached hydrogens (tertiary/aromatic N) is 1. The van der Waals surface area contributed by atoms with Crippen molar-refractivity contribution in [1.29, 1.82) is 0 Å². The topological polar surface area (TPSA) is 79.6 Å². The highest BCUT2D eigenvalue weighted by molar-refractivity contribution is 6.30. The van der Waals surface area contributed by atoms with Gasteiger partial charge in [-0.1, -0.05) is 59.6 Å². The first-order chi connectivity index (χ1) is 22.5. The molecule has 1 atom stereocenters. The van der Waals surface area contributed by atoms with E-state index in [0.717, 1.165) is 68.5 Å². The summed E-state index contributed by atoms with van der Waals surface area (Å²) >= 11 is 6.09. The number of likely N-dealkylation sites (tertiary alicyclic amines) is 1. The Morgan fingerprint density at radius 2 is 1.74 bits per heavy atom. The van der Waals surface area contributed by atoms with E-state index in [1.165, 1.54) is 16.7 Å². The molecule has 1 aliphatic carbocycles. The first-order valence-electron chi connectivity index (χ1n) is 15.8. The van der Waals surface area contributed by atoms with Crippen LogP contribution in [0.5, 0.6) is 0 Å². The van der Waals surface area contributed by atoms with Crippen molar-refractivity contribution in [2.24, 2.45) is 0 Å². The molecule has 0 radical (unpaired) electrons. The summed E-state index contributed by atoms with van der Waals surface area (Å²) in [6.07, 6.45) is 2.95. The van der Waals surface area contributed by atoms with Gasteiger partial charge in [-0.15, -0.1) is 0 Å². The Morgan fingerprint density at radius 1 is 1.00 bits per heavy atom. The average Bonchev–Trinajstić information content (AvgIpc) is 3.45. The minimum Gasteiger partial charge on any atom is -0.451 e. The van der Waals surface area contributed by atoms with E-state index in [2.05, 4.69) is 23.5 Å². The molecule has 0 spiro atoms. The van der Waals surface area contributed by atoms with E-state index in [-0.39, 0.29) is 22.6 Å². The molecule has 47 heavy (non-hydrogen) atoms. The van der Waals surface area contributed by atoms with Crippen LogP contribution in [0, 0.1) is 0 Å². The van der Waals surface area contributed by atoms with Crippen LogP contribution in [0.1, 0.15) is 77.3 Å². The molecule has 0 unspecified atom stereocenters. The molecule has 244 valence electrons. The predicted octanol–water partition coefficient (Wildman–Crippen LogP) is 8.21. The molecule has 3 aromatic carbocycles. The van der Waals surface area contributed by atoms with Crippen LogP contribution >= 0.6 is 11.6 Å². The van der Waals surface area contributed by atoms with Gasteiger partial charge in [0.25, 0.3) is 5.91 Å². The van der Waals surface area contributed by atoms with Gasteiger partial charge in [0.2, 0.25) is 5.91 Å². The fourth-order valence-corrected chi connectivity index (χ4v) is 6.74. The number of amides is 2. The second-order valence-electron chi connectivity index (χ2n) is 12.3. The first-order valence-corrected chi connectivity index (χ1v) is 16.2. The molecule has 4 aromatic rings. The highest BCUT2D eigenvalue weighted by Crippen LogP contribution is 2.38. The number of rotatable bonds is 8. The summed E-state index contributed by atoms with van der Waals surface area (Å²) in [5, 5.41) is 3.31. The maximum Gasteiger partial charge on any atom is 0.416 e. The maximum atomic E-state index is 13.4. The minimum absolute atomic E-state index is 0.101. The van der Waals surface area contributed by atoms with Gasteiger partial charge in [-0.3, -0.25) is 14.4 Å². The van der Waals surface area contributed by atoms with Crippen molar-refractivity contribution in [2.45, 2.75) is 69.6 Å². The van der Waals surface area contributed by atoms with Crippen molar-refractivity contribution >= 4 is 34.4 Å². The molecule has 2 fully saturated rings. The quantitative estimate of drug-likeness (QED) is 0.193. The zero-order valence-corrected chi connectivity index (χ0v) is 26.4. The number of fused-ring (bicyclic) bond motifs is 1. The van der Waals surface area contributed by atoms with Gasteiger partial charge in [0.1, 0.15) is 5.58 Å². The highest BCUT2D eigenvalue weighted by atomic mass is 35.5. The number of nitrogens with one attached hydrogen (secondary N) is 1. The summed E-state index contributed by atoms with van der Waals surface area (Å²) in [5.41, 5.74) is 2.82. The van der Waals surface area contributed by atoms with Crippen LogP contribution in [0.3, 0.4) is 0 Å². The van der Waals surface area contributed by atoms with Crippen molar-refractivity contribution in [2.75, 3.05) is 6.54 Å². The molecule has 6 rings (SSSR count). The van der Waals surface area contributed by atoms with Crippen LogP contribution in [0.25, 0.3) is 11.0 Å². The van der Waals surface area contributed by atoms with E-state index in [1.807, 2.05) is 29.2 Å². The van der Waals surface area contributed by atoms with Gasteiger partial charge in [0.05, 0.1) is 17.0 Å². The molecule has 10 heteroatoms. The molecule has 1 aliphatic heterocycles. The number of benzene rings is 3. The molecule has 2 aliphatic rings. The number of carbonyl (C=O) groups is 2. The third kappa shape index (κ3) is 7.79. The average molecular weight is 663 g/mol. The third-order valence-electron chi connectivity index (χ3n) is 9.06. The van der Waals surface area contributed by atoms with Gasteiger partial charge in [0, 0.05) is 30.6 Å². The predicted molar refractivity (Wildman–Crippen MR) is 174 cm³/mol. The number of hydrogen-bond donors (Lipinski definition) is 1. The van der Waals surface area contributed by atoms with Crippen molar-refractivity contribution in [3.63, 3.8) is 0 Å². The van der Waals surface area contributed by atoms with Crippen molar-refractivity contribution < 1.29 is 27.2 Å². The standard InChI is InChI=1S/C37H34ClF3N2O4/c38-28-14-9-24(10-15-28)19-29(42-36(46)34-21-32(44)31-20-27(37(39,40)41)13-16-33(31)47-34)18-23-7-11-25(12-8-23)30-5-2-1-4-26(30)22-43-17-3-6-35(43)45/h1-2,4-5,9-10,13-16,18,20-21,25,29H,3,6-8,11-12,17,19,22H2,(H,42,46)/t25?,29-/m1/s1. The van der Waals surface area contributed by atoms with Gasteiger partial charge in [0.15, 0.2) is 11.2 Å². The lowest BCUT2D eigenvalue weighted by Crippen LogP contribution is -2.36. The lowest BCUT2D eigenvalue weighted by atomic mass is 9.79. The van der Waals surface area contributed by atoms with E-state index in [4.69, 9.17) is 16.0 Å². The molecular weight excluding hydrogens is 629 g/mol. The zero-order valence-electron chi connectivity index (χ0n) is 25.6. The Balaban J connectivity index is 1.19. The molecule has 2 amide bonds. The monoisotopic (exact) mass is 662 g/mol. The van der Waals surface area contributed by atoms with E-state index in [9.17, 15) is 27.6 Å². The number of halogens is 4. The van der Waals surface area contributed by atoms with Gasteiger partial charge in [-0.2, -0.15) is 13.2 Å². The fourth-order valence-electron chi connectivity index (χ4n) is 6.61. The fraction of sp³-hybridized carbons (Fsp3) is 0.324. The normalized spacial score (nSPS) is 17.6. The highest BCUT2D eigenvalue weighted by Gasteiger charge is 2.31. The van der Waals surface area contributed by atoms with Crippen LogP contribution in [0.4, 0.5) is 13.2 Å². The number of hydrogen-bond acceptors (Lipinski definition) is 4. The molecule has 2 heterocycles. The van der Waals surface area contributed by atoms with Crippen LogP contribution in [-0.2, 0) is 23.9 Å². The Morgan fingerprint density at radius 3 is 2.45 bits per heavy atom. The molecular formula is C37H34ClF3N2O4. The van der Waals surface area contributed by atoms with Crippen LogP contribution in [0.15, 0.2) is 93.7 Å². The summed E-state index contributed by atoms with van der Waals surface area (Å²) in [5.74, 6) is -0.353. The third-order valence-corrected chi connectivity index (χ3v) is 9.31. The van der Waals surface area contributed by atoms with Crippen molar-refractivity contribution in [3.05, 3.63) is 128 Å². The molecule has 6 nitrogen and oxygen atoms in total. The Labute approximate surface area is 275 Å². The Bertz CT molecular complexity index is 1870. The second kappa shape index (κ2) is 13.8. The van der Waals surface area contributed by atoms with Crippen LogP contribution in [0.2, 0.25) is 5.02 Å². The molecule has 1 saturated carbocycles. The van der Waals surface area contributed by atoms with Gasteiger partial charge in [-0.05, 0) is 91.5 Å². The molecule has 1 saturated heterocycles. The number of carbonyl (C=O) groups excluding carboxylic acids is 2. The maximum absolute atomic E-state index is 13.4. The molecule has 1 N–H and O–H groups in total. The lowest BCUT2D eigenvalue weighted by molar-refractivity contribution is -0.137. The summed E-state index contributed by atoms with van der Waals surface area (Å²) in [6, 6.07) is 18.8. The second-order valence-corrected chi connectivity index (χ2v) is 12.7. The van der Waals surface area contributed by atoms with E-state index in [0.29, 0.717) is 30.3 Å². The Hall–Kier alpha value is -4.37. The largest absolute Gasteiger partial charge is 0.451 e.